The zero-order valence-electron chi connectivity index (χ0n) is 26.3. The van der Waals surface area contributed by atoms with E-state index in [1.807, 2.05) is 49.4 Å². The van der Waals surface area contributed by atoms with Crippen molar-refractivity contribution in [1.29, 1.82) is 0 Å². The maximum absolute atomic E-state index is 14.6. The summed E-state index contributed by atoms with van der Waals surface area (Å²) in [5.74, 6) is -0.814. The van der Waals surface area contributed by atoms with E-state index in [0.29, 0.717) is 21.3 Å². The number of carbonyl (C=O) groups excluding carboxylic acids is 2. The number of rotatable bonds is 12. The van der Waals surface area contributed by atoms with E-state index in [4.69, 9.17) is 23.2 Å². The number of aryl methyl sites for hydroxylation is 1. The van der Waals surface area contributed by atoms with Crippen LogP contribution in [0.2, 0.25) is 10.0 Å². The first-order valence-electron chi connectivity index (χ1n) is 15.8. The molecular formula is C37H39Cl2N3O4S. The zero-order valence-corrected chi connectivity index (χ0v) is 28.6. The molecule has 0 aromatic heterocycles. The first-order valence-corrected chi connectivity index (χ1v) is 18.0. The van der Waals surface area contributed by atoms with Gasteiger partial charge in [-0.3, -0.25) is 13.9 Å². The minimum absolute atomic E-state index is 0.0104. The van der Waals surface area contributed by atoms with Crippen LogP contribution in [0.3, 0.4) is 0 Å². The van der Waals surface area contributed by atoms with Crippen LogP contribution in [0.4, 0.5) is 5.69 Å². The van der Waals surface area contributed by atoms with Gasteiger partial charge in [0.2, 0.25) is 11.8 Å². The van der Waals surface area contributed by atoms with Crippen LogP contribution in [-0.4, -0.2) is 43.8 Å². The van der Waals surface area contributed by atoms with E-state index in [1.165, 1.54) is 29.2 Å². The molecule has 7 nitrogen and oxygen atoms in total. The van der Waals surface area contributed by atoms with Crippen molar-refractivity contribution in [3.05, 3.63) is 130 Å². The lowest BCUT2D eigenvalue weighted by Gasteiger charge is -2.35. The minimum atomic E-state index is -4.22. The second kappa shape index (κ2) is 15.8. The molecule has 0 bridgehead atoms. The van der Waals surface area contributed by atoms with Gasteiger partial charge in [0, 0.05) is 29.1 Å². The smallest absolute Gasteiger partial charge is 0.264 e. The van der Waals surface area contributed by atoms with Crippen molar-refractivity contribution in [1.82, 2.24) is 10.2 Å². The lowest BCUT2D eigenvalue weighted by Crippen LogP contribution is -2.55. The van der Waals surface area contributed by atoms with E-state index in [2.05, 4.69) is 5.32 Å². The molecule has 1 aliphatic rings. The van der Waals surface area contributed by atoms with Gasteiger partial charge in [-0.1, -0.05) is 109 Å². The SMILES string of the molecule is Cc1ccc(N(CC(=O)N(Cc2ccccc2Cl)C(Cc2ccccc2)C(=O)NC2CCCCC2)S(=O)(=O)c2ccc(Cl)cc2)cc1. The second-order valence-corrected chi connectivity index (χ2v) is 14.7. The maximum atomic E-state index is 14.6. The summed E-state index contributed by atoms with van der Waals surface area (Å²) in [5, 5.41) is 4.05. The number of halogens is 2. The Morgan fingerprint density at radius 2 is 1.47 bits per heavy atom. The highest BCUT2D eigenvalue weighted by atomic mass is 35.5. The highest BCUT2D eigenvalue weighted by Gasteiger charge is 2.35. The fourth-order valence-corrected chi connectivity index (χ4v) is 7.62. The molecule has 0 spiro atoms. The van der Waals surface area contributed by atoms with Gasteiger partial charge >= 0.3 is 0 Å². The molecule has 47 heavy (non-hydrogen) atoms. The number of nitrogens with zero attached hydrogens (tertiary/aromatic N) is 2. The average Bonchev–Trinajstić information content (AvgIpc) is 3.07. The van der Waals surface area contributed by atoms with Crippen LogP contribution in [0, 0.1) is 6.92 Å². The topological polar surface area (TPSA) is 86.8 Å². The monoisotopic (exact) mass is 691 g/mol. The summed E-state index contributed by atoms with van der Waals surface area (Å²) in [4.78, 5) is 30.3. The van der Waals surface area contributed by atoms with Crippen molar-refractivity contribution < 1.29 is 18.0 Å². The maximum Gasteiger partial charge on any atom is 0.264 e. The van der Waals surface area contributed by atoms with Gasteiger partial charge in [-0.05, 0) is 73.4 Å². The van der Waals surface area contributed by atoms with Gasteiger partial charge in [0.15, 0.2) is 0 Å². The summed E-state index contributed by atoms with van der Waals surface area (Å²) in [6.45, 7) is 1.37. The van der Waals surface area contributed by atoms with Crippen molar-refractivity contribution in [2.45, 2.75) is 69.0 Å². The van der Waals surface area contributed by atoms with Crippen molar-refractivity contribution >= 4 is 50.7 Å². The molecule has 1 aliphatic carbocycles. The van der Waals surface area contributed by atoms with E-state index in [9.17, 15) is 18.0 Å². The summed E-state index contributed by atoms with van der Waals surface area (Å²) in [7, 11) is -4.22. The Bertz CT molecular complexity index is 1760. The fourth-order valence-electron chi connectivity index (χ4n) is 5.88. The molecule has 10 heteroatoms. The van der Waals surface area contributed by atoms with Crippen LogP contribution in [-0.2, 0) is 32.6 Å². The second-order valence-electron chi connectivity index (χ2n) is 12.0. The van der Waals surface area contributed by atoms with E-state index >= 15 is 0 Å². The van der Waals surface area contributed by atoms with Crippen molar-refractivity contribution in [2.75, 3.05) is 10.8 Å². The molecule has 1 saturated carbocycles. The third kappa shape index (κ3) is 8.95. The number of carbonyl (C=O) groups is 2. The summed E-state index contributed by atoms with van der Waals surface area (Å²) in [6, 6.07) is 28.5. The summed E-state index contributed by atoms with van der Waals surface area (Å²) < 4.78 is 29.4. The molecule has 246 valence electrons. The normalized spacial score (nSPS) is 14.3. The number of hydrogen-bond donors (Lipinski definition) is 1. The molecule has 0 radical (unpaired) electrons. The van der Waals surface area contributed by atoms with Crippen molar-refractivity contribution in [3.63, 3.8) is 0 Å². The highest BCUT2D eigenvalue weighted by molar-refractivity contribution is 7.92. The number of amides is 2. The van der Waals surface area contributed by atoms with E-state index in [-0.39, 0.29) is 29.8 Å². The van der Waals surface area contributed by atoms with E-state index in [1.54, 1.807) is 36.4 Å². The van der Waals surface area contributed by atoms with Crippen LogP contribution in [0.1, 0.15) is 48.8 Å². The van der Waals surface area contributed by atoms with Crippen LogP contribution >= 0.6 is 23.2 Å². The molecule has 0 aliphatic heterocycles. The largest absolute Gasteiger partial charge is 0.352 e. The number of benzene rings is 4. The molecule has 5 rings (SSSR count). The number of hydrogen-bond acceptors (Lipinski definition) is 4. The van der Waals surface area contributed by atoms with Crippen LogP contribution in [0.25, 0.3) is 0 Å². The van der Waals surface area contributed by atoms with Gasteiger partial charge in [0.05, 0.1) is 10.6 Å². The van der Waals surface area contributed by atoms with E-state index < -0.39 is 28.5 Å². The molecule has 2 amide bonds. The Morgan fingerprint density at radius 1 is 0.830 bits per heavy atom. The lowest BCUT2D eigenvalue weighted by atomic mass is 9.94. The predicted molar refractivity (Wildman–Crippen MR) is 188 cm³/mol. The van der Waals surface area contributed by atoms with Crippen molar-refractivity contribution in [2.24, 2.45) is 0 Å². The summed E-state index contributed by atoms with van der Waals surface area (Å²) >= 11 is 12.7. The van der Waals surface area contributed by atoms with Crippen LogP contribution in [0.5, 0.6) is 0 Å². The van der Waals surface area contributed by atoms with Gasteiger partial charge < -0.3 is 10.2 Å². The molecule has 1 N–H and O–H groups in total. The molecule has 0 saturated heterocycles. The average molecular weight is 693 g/mol. The van der Waals surface area contributed by atoms with E-state index in [0.717, 1.165) is 47.5 Å². The predicted octanol–water partition coefficient (Wildman–Crippen LogP) is 7.59. The Morgan fingerprint density at radius 3 is 2.13 bits per heavy atom. The Labute approximate surface area is 287 Å². The third-order valence-electron chi connectivity index (χ3n) is 8.52. The molecule has 4 aromatic carbocycles. The molecular weight excluding hydrogens is 653 g/mol. The Kier molecular flexibility index (Phi) is 11.6. The first-order chi connectivity index (χ1) is 22.6. The fraction of sp³-hybridized carbons (Fsp3) is 0.297. The summed E-state index contributed by atoms with van der Waals surface area (Å²) in [5.41, 5.74) is 2.78. The Hall–Kier alpha value is -3.85. The molecule has 1 atom stereocenters. The third-order valence-corrected chi connectivity index (χ3v) is 10.9. The van der Waals surface area contributed by atoms with Gasteiger partial charge in [-0.2, -0.15) is 0 Å². The number of anilines is 1. The quantitative estimate of drug-likeness (QED) is 0.166. The number of sulfonamides is 1. The number of nitrogens with one attached hydrogen (secondary N) is 1. The standard InChI is InChI=1S/C37H39Cl2N3O4S/c1-27-16-20-32(21-17-27)42(47(45,46)33-22-18-30(38)19-23-33)26-36(43)41(25-29-12-8-9-15-34(29)39)35(24-28-10-4-2-5-11-28)37(44)40-31-13-6-3-7-14-31/h2,4-5,8-12,15-23,31,35H,3,6-7,13-14,24-26H2,1H3,(H,40,44). The highest BCUT2D eigenvalue weighted by Crippen LogP contribution is 2.27. The van der Waals surface area contributed by atoms with Crippen molar-refractivity contribution in [3.8, 4) is 0 Å². The zero-order chi connectivity index (χ0) is 33.4. The minimum Gasteiger partial charge on any atom is -0.352 e. The van der Waals surface area contributed by atoms with Gasteiger partial charge in [-0.15, -0.1) is 0 Å². The van der Waals surface area contributed by atoms with Gasteiger partial charge in [0.25, 0.3) is 10.0 Å². The Balaban J connectivity index is 1.56. The first kappa shape index (κ1) is 34.5. The van der Waals surface area contributed by atoms with Gasteiger partial charge in [-0.25, -0.2) is 8.42 Å². The van der Waals surface area contributed by atoms with Crippen LogP contribution < -0.4 is 9.62 Å². The van der Waals surface area contributed by atoms with Gasteiger partial charge in [0.1, 0.15) is 12.6 Å². The summed E-state index contributed by atoms with van der Waals surface area (Å²) in [6.07, 6.45) is 5.19. The molecule has 4 aromatic rings. The molecule has 1 fully saturated rings. The lowest BCUT2D eigenvalue weighted by molar-refractivity contribution is -0.140. The molecule has 0 heterocycles. The van der Waals surface area contributed by atoms with Crippen LogP contribution in [0.15, 0.2) is 108 Å². The molecule has 1 unspecified atom stereocenters.